The van der Waals surface area contributed by atoms with Crippen molar-refractivity contribution in [3.05, 3.63) is 29.2 Å². The van der Waals surface area contributed by atoms with Gasteiger partial charge in [-0.3, -0.25) is 0 Å². The van der Waals surface area contributed by atoms with Gasteiger partial charge in [-0.05, 0) is 52.5 Å². The summed E-state index contributed by atoms with van der Waals surface area (Å²) in [5.74, 6) is 1.31. The van der Waals surface area contributed by atoms with Crippen LogP contribution in [0.5, 0.6) is 0 Å². The largest absolute Gasteiger partial charge is 0.444 e. The number of morpholine rings is 1. The molecule has 7 nitrogen and oxygen atoms in total. The lowest BCUT2D eigenvalue weighted by Gasteiger charge is -2.34. The molecule has 1 amide bonds. The monoisotopic (exact) mass is 414 g/mol. The van der Waals surface area contributed by atoms with Gasteiger partial charge in [0.25, 0.3) is 0 Å². The maximum atomic E-state index is 12.6. The molecule has 7 heteroatoms. The smallest absolute Gasteiger partial charge is 0.410 e. The Labute approximate surface area is 178 Å². The molecule has 2 fully saturated rings. The summed E-state index contributed by atoms with van der Waals surface area (Å²) in [6.07, 6.45) is 4.34. The van der Waals surface area contributed by atoms with E-state index < -0.39 is 5.60 Å². The fourth-order valence-corrected chi connectivity index (χ4v) is 4.45. The van der Waals surface area contributed by atoms with Crippen LogP contribution in [0.3, 0.4) is 0 Å². The molecule has 2 aliphatic rings. The highest BCUT2D eigenvalue weighted by molar-refractivity contribution is 5.68. The van der Waals surface area contributed by atoms with E-state index in [0.717, 1.165) is 28.6 Å². The van der Waals surface area contributed by atoms with Crippen LogP contribution in [0.4, 0.5) is 4.79 Å². The third-order valence-corrected chi connectivity index (χ3v) is 6.08. The van der Waals surface area contributed by atoms with E-state index in [9.17, 15) is 4.79 Å². The molecule has 4 rings (SSSR count). The van der Waals surface area contributed by atoms with Crippen molar-refractivity contribution < 1.29 is 14.3 Å². The van der Waals surface area contributed by atoms with Crippen molar-refractivity contribution in [3.8, 4) is 0 Å². The number of amides is 1. The van der Waals surface area contributed by atoms with E-state index in [-0.39, 0.29) is 12.2 Å². The lowest BCUT2D eigenvalue weighted by molar-refractivity contribution is -0.0454. The molecule has 1 atom stereocenters. The Balaban J connectivity index is 1.59. The minimum Gasteiger partial charge on any atom is -0.444 e. The molecule has 2 aromatic heterocycles. The summed E-state index contributed by atoms with van der Waals surface area (Å²) in [4.78, 5) is 19.0. The number of aryl methyl sites for hydroxylation is 1. The number of hydrogen-bond donors (Lipinski definition) is 0. The summed E-state index contributed by atoms with van der Waals surface area (Å²) >= 11 is 0. The maximum absolute atomic E-state index is 12.6. The van der Waals surface area contributed by atoms with Gasteiger partial charge in [0.05, 0.1) is 24.5 Å². The molecule has 2 aromatic rings. The minimum atomic E-state index is -0.514. The van der Waals surface area contributed by atoms with Crippen molar-refractivity contribution in [1.82, 2.24) is 19.5 Å². The minimum absolute atomic E-state index is 0.255. The second-order valence-electron chi connectivity index (χ2n) is 9.90. The SMILES string of the molecule is Cc1cc([C@H]2CN(C(=O)OC(C)(C)C)CCO2)n2nc([C@H]3CC[C@H](C)CC3)cc2n1. The summed E-state index contributed by atoms with van der Waals surface area (Å²) < 4.78 is 13.6. The Morgan fingerprint density at radius 3 is 2.63 bits per heavy atom. The third-order valence-electron chi connectivity index (χ3n) is 6.08. The standard InChI is InChI=1S/C23H34N4O3/c1-15-6-8-17(9-7-15)18-13-21-24-16(2)12-19(27(21)25-18)20-14-26(10-11-29-20)22(28)30-23(3,4)5/h12-13,15,17,20H,6-11,14H2,1-5H3/t15-,17-,20-/m1/s1. The lowest BCUT2D eigenvalue weighted by Crippen LogP contribution is -2.45. The van der Waals surface area contributed by atoms with Crippen molar-refractivity contribution in [2.24, 2.45) is 5.92 Å². The van der Waals surface area contributed by atoms with E-state index in [1.807, 2.05) is 38.3 Å². The Kier molecular flexibility index (Phi) is 5.75. The second kappa shape index (κ2) is 8.17. The van der Waals surface area contributed by atoms with Crippen LogP contribution in [-0.4, -0.2) is 50.9 Å². The Hall–Kier alpha value is -2.15. The number of carbonyl (C=O) groups is 1. The summed E-state index contributed by atoms with van der Waals surface area (Å²) in [6.45, 7) is 11.4. The first-order valence-electron chi connectivity index (χ1n) is 11.2. The van der Waals surface area contributed by atoms with Crippen molar-refractivity contribution in [3.63, 3.8) is 0 Å². The van der Waals surface area contributed by atoms with E-state index >= 15 is 0 Å². The zero-order valence-corrected chi connectivity index (χ0v) is 18.9. The van der Waals surface area contributed by atoms with Crippen LogP contribution in [0, 0.1) is 12.8 Å². The van der Waals surface area contributed by atoms with Crippen LogP contribution >= 0.6 is 0 Å². The molecule has 1 aliphatic heterocycles. The van der Waals surface area contributed by atoms with Gasteiger partial charge < -0.3 is 14.4 Å². The van der Waals surface area contributed by atoms with Crippen LogP contribution in [-0.2, 0) is 9.47 Å². The summed E-state index contributed by atoms with van der Waals surface area (Å²) in [5.41, 5.74) is 3.35. The number of hydrogen-bond acceptors (Lipinski definition) is 5. The molecule has 0 bridgehead atoms. The Bertz CT molecular complexity index is 909. The molecule has 0 spiro atoms. The lowest BCUT2D eigenvalue weighted by atomic mass is 9.81. The fraction of sp³-hybridized carbons (Fsp3) is 0.696. The van der Waals surface area contributed by atoms with Gasteiger partial charge in [-0.1, -0.05) is 19.8 Å². The average molecular weight is 415 g/mol. The first-order valence-corrected chi connectivity index (χ1v) is 11.2. The second-order valence-corrected chi connectivity index (χ2v) is 9.90. The van der Waals surface area contributed by atoms with Crippen LogP contribution in [0.1, 0.15) is 82.5 Å². The first-order chi connectivity index (χ1) is 14.2. The van der Waals surface area contributed by atoms with Crippen molar-refractivity contribution in [2.75, 3.05) is 19.7 Å². The van der Waals surface area contributed by atoms with Crippen LogP contribution in [0.25, 0.3) is 5.65 Å². The molecule has 1 saturated heterocycles. The molecule has 0 radical (unpaired) electrons. The fourth-order valence-electron chi connectivity index (χ4n) is 4.45. The highest BCUT2D eigenvalue weighted by Gasteiger charge is 2.31. The number of carbonyl (C=O) groups excluding carboxylic acids is 1. The van der Waals surface area contributed by atoms with Crippen LogP contribution < -0.4 is 0 Å². The topological polar surface area (TPSA) is 69.0 Å². The quantitative estimate of drug-likeness (QED) is 0.716. The highest BCUT2D eigenvalue weighted by Crippen LogP contribution is 2.35. The maximum Gasteiger partial charge on any atom is 0.410 e. The molecular weight excluding hydrogens is 380 g/mol. The number of aromatic nitrogens is 3. The van der Waals surface area contributed by atoms with Crippen molar-refractivity contribution in [2.45, 2.75) is 77.9 Å². The molecule has 0 aromatic carbocycles. The zero-order valence-electron chi connectivity index (χ0n) is 18.9. The molecule has 0 N–H and O–H groups in total. The predicted octanol–water partition coefficient (Wildman–Crippen LogP) is 4.64. The van der Waals surface area contributed by atoms with E-state index in [0.29, 0.717) is 25.6 Å². The van der Waals surface area contributed by atoms with Gasteiger partial charge in [0.1, 0.15) is 11.7 Å². The van der Waals surface area contributed by atoms with Gasteiger partial charge in [0, 0.05) is 24.2 Å². The Morgan fingerprint density at radius 2 is 1.93 bits per heavy atom. The molecule has 1 aliphatic carbocycles. The van der Waals surface area contributed by atoms with E-state index in [1.165, 1.54) is 25.7 Å². The highest BCUT2D eigenvalue weighted by atomic mass is 16.6. The molecule has 30 heavy (non-hydrogen) atoms. The molecule has 164 valence electrons. The van der Waals surface area contributed by atoms with Gasteiger partial charge in [0.2, 0.25) is 0 Å². The number of ether oxygens (including phenoxy) is 2. The number of rotatable bonds is 2. The summed E-state index contributed by atoms with van der Waals surface area (Å²) in [5, 5.41) is 4.95. The zero-order chi connectivity index (χ0) is 21.5. The van der Waals surface area contributed by atoms with E-state index in [2.05, 4.69) is 13.0 Å². The van der Waals surface area contributed by atoms with E-state index in [1.54, 1.807) is 4.90 Å². The average Bonchev–Trinajstić information content (AvgIpc) is 3.10. The van der Waals surface area contributed by atoms with Gasteiger partial charge in [-0.25, -0.2) is 14.3 Å². The van der Waals surface area contributed by atoms with Gasteiger partial charge in [0.15, 0.2) is 5.65 Å². The van der Waals surface area contributed by atoms with Crippen molar-refractivity contribution >= 4 is 11.7 Å². The Morgan fingerprint density at radius 1 is 1.20 bits per heavy atom. The first kappa shape index (κ1) is 21.1. The van der Waals surface area contributed by atoms with Gasteiger partial charge in [-0.2, -0.15) is 5.10 Å². The number of nitrogens with zero attached hydrogens (tertiary/aromatic N) is 4. The van der Waals surface area contributed by atoms with Crippen molar-refractivity contribution in [1.29, 1.82) is 0 Å². The van der Waals surface area contributed by atoms with Crippen LogP contribution in [0.15, 0.2) is 12.1 Å². The van der Waals surface area contributed by atoms with E-state index in [4.69, 9.17) is 19.6 Å². The summed E-state index contributed by atoms with van der Waals surface area (Å²) in [7, 11) is 0. The summed E-state index contributed by atoms with van der Waals surface area (Å²) in [6, 6.07) is 4.15. The third kappa shape index (κ3) is 4.61. The molecule has 0 unspecified atom stereocenters. The molecular formula is C23H34N4O3. The number of fused-ring (bicyclic) bond motifs is 1. The van der Waals surface area contributed by atoms with Gasteiger partial charge in [-0.15, -0.1) is 0 Å². The normalized spacial score (nSPS) is 25.5. The predicted molar refractivity (Wildman–Crippen MR) is 115 cm³/mol. The van der Waals surface area contributed by atoms with Crippen LogP contribution in [0.2, 0.25) is 0 Å². The molecule has 1 saturated carbocycles. The molecule has 3 heterocycles. The van der Waals surface area contributed by atoms with Gasteiger partial charge >= 0.3 is 6.09 Å².